The molecule has 5 nitrogen and oxygen atoms in total. The largest absolute Gasteiger partial charge is 0.500 e. The van der Waals surface area contributed by atoms with E-state index in [9.17, 15) is 14.7 Å². The van der Waals surface area contributed by atoms with Crippen molar-refractivity contribution in [1.29, 1.82) is 0 Å². The molecule has 1 aliphatic heterocycles. The normalized spacial score (nSPS) is 21.9. The number of nitrogens with one attached hydrogen (secondary N) is 1. The Morgan fingerprint density at radius 1 is 1.07 bits per heavy atom. The maximum Gasteiger partial charge on any atom is 0.253 e. The first-order valence-corrected chi connectivity index (χ1v) is 10.2. The molecule has 0 saturated heterocycles. The molecule has 0 radical (unpaired) electrons. The fourth-order valence-electron chi connectivity index (χ4n) is 3.95. The average molecular weight is 403 g/mol. The number of amides is 1. The molecule has 0 aromatic heterocycles. The van der Waals surface area contributed by atoms with Crippen LogP contribution in [-0.2, 0) is 27.2 Å². The van der Waals surface area contributed by atoms with Crippen molar-refractivity contribution in [3.8, 4) is 0 Å². The molecule has 3 unspecified atom stereocenters. The summed E-state index contributed by atoms with van der Waals surface area (Å²) in [5.74, 6) is -0.997. The van der Waals surface area contributed by atoms with E-state index in [1.54, 1.807) is 12.3 Å². The minimum atomic E-state index is -1.63. The zero-order valence-corrected chi connectivity index (χ0v) is 16.7. The second-order valence-corrected chi connectivity index (χ2v) is 7.90. The van der Waals surface area contributed by atoms with E-state index in [0.29, 0.717) is 13.0 Å². The summed E-state index contributed by atoms with van der Waals surface area (Å²) in [6.45, 7) is 0.299. The monoisotopic (exact) mass is 403 g/mol. The van der Waals surface area contributed by atoms with Crippen LogP contribution in [0.5, 0.6) is 0 Å². The van der Waals surface area contributed by atoms with E-state index in [0.717, 1.165) is 16.7 Å². The van der Waals surface area contributed by atoms with Crippen LogP contribution in [0.3, 0.4) is 0 Å². The topological polar surface area (TPSA) is 75.6 Å². The maximum absolute atomic E-state index is 13.2. The van der Waals surface area contributed by atoms with E-state index in [2.05, 4.69) is 5.32 Å². The fraction of sp³-hybridized carbons (Fsp3) is 0.280. The quantitative estimate of drug-likeness (QED) is 0.745. The van der Waals surface area contributed by atoms with Crippen LogP contribution in [0, 0.1) is 5.92 Å². The van der Waals surface area contributed by atoms with Crippen molar-refractivity contribution in [2.24, 2.45) is 5.92 Å². The number of hydrogen-bond acceptors (Lipinski definition) is 4. The minimum absolute atomic E-state index is 0.111. The summed E-state index contributed by atoms with van der Waals surface area (Å²) < 4.78 is 5.25. The summed E-state index contributed by atoms with van der Waals surface area (Å²) in [5.41, 5.74) is 1.11. The summed E-state index contributed by atoms with van der Waals surface area (Å²) in [6, 6.07) is 18.4. The first-order chi connectivity index (χ1) is 14.5. The molecule has 1 amide bonds. The maximum atomic E-state index is 13.2. The van der Waals surface area contributed by atoms with Crippen molar-refractivity contribution in [3.05, 3.63) is 95.8 Å². The Bertz CT molecular complexity index is 967. The first kappa shape index (κ1) is 20.1. The van der Waals surface area contributed by atoms with Gasteiger partial charge in [-0.05, 0) is 24.0 Å². The minimum Gasteiger partial charge on any atom is -0.500 e. The lowest BCUT2D eigenvalue weighted by Gasteiger charge is -2.30. The van der Waals surface area contributed by atoms with Crippen LogP contribution < -0.4 is 5.32 Å². The Morgan fingerprint density at radius 3 is 2.43 bits per heavy atom. The van der Waals surface area contributed by atoms with Crippen molar-refractivity contribution in [2.45, 2.75) is 30.9 Å². The summed E-state index contributed by atoms with van der Waals surface area (Å²) in [7, 11) is 0. The zero-order chi connectivity index (χ0) is 21.0. The Hall–Kier alpha value is -3.18. The van der Waals surface area contributed by atoms with E-state index < -0.39 is 17.6 Å². The summed E-state index contributed by atoms with van der Waals surface area (Å²) in [4.78, 5) is 25.9. The highest BCUT2D eigenvalue weighted by Crippen LogP contribution is 2.27. The molecule has 0 spiro atoms. The molecule has 2 N–H and O–H groups in total. The Balaban J connectivity index is 1.52. The van der Waals surface area contributed by atoms with Gasteiger partial charge < -0.3 is 15.2 Å². The smallest absolute Gasteiger partial charge is 0.253 e. The van der Waals surface area contributed by atoms with E-state index in [1.807, 2.05) is 66.7 Å². The standard InChI is InChI=1S/C25H25NO4/c27-23-21-17-30-16-20(21)11-12-22(23)26-24(28)25(29,15-19-9-5-2-6-10-19)14-13-18-7-3-1-4-8-18/h1-12,16,21-22,29H,13-15,17H2,(H,26,28). The molecule has 4 rings (SSSR count). The van der Waals surface area contributed by atoms with Gasteiger partial charge in [-0.15, -0.1) is 0 Å². The predicted octanol–water partition coefficient (Wildman–Crippen LogP) is 2.75. The van der Waals surface area contributed by atoms with E-state index in [1.165, 1.54) is 0 Å². The molecule has 0 saturated carbocycles. The van der Waals surface area contributed by atoms with E-state index in [-0.39, 0.29) is 24.5 Å². The second kappa shape index (κ2) is 8.67. The van der Waals surface area contributed by atoms with Gasteiger partial charge in [0.15, 0.2) is 5.78 Å². The Labute approximate surface area is 176 Å². The lowest BCUT2D eigenvalue weighted by atomic mass is 9.85. The van der Waals surface area contributed by atoms with Gasteiger partial charge in [-0.1, -0.05) is 72.8 Å². The number of hydrogen-bond donors (Lipinski definition) is 2. The van der Waals surface area contributed by atoms with Crippen LogP contribution >= 0.6 is 0 Å². The van der Waals surface area contributed by atoms with Gasteiger partial charge in [0.05, 0.1) is 12.2 Å². The van der Waals surface area contributed by atoms with Crippen LogP contribution in [0.15, 0.2) is 84.7 Å². The molecule has 2 aromatic carbocycles. The first-order valence-electron chi connectivity index (χ1n) is 10.2. The Kier molecular flexibility index (Phi) is 5.81. The fourth-order valence-corrected chi connectivity index (χ4v) is 3.95. The van der Waals surface area contributed by atoms with E-state index in [4.69, 9.17) is 4.74 Å². The number of carbonyl (C=O) groups excluding carboxylic acids is 2. The molecule has 30 heavy (non-hydrogen) atoms. The predicted molar refractivity (Wildman–Crippen MR) is 113 cm³/mol. The van der Waals surface area contributed by atoms with Crippen LogP contribution in [-0.4, -0.2) is 35.0 Å². The number of aliphatic hydroxyl groups is 1. The molecular weight excluding hydrogens is 378 g/mol. The summed E-state index contributed by atoms with van der Waals surface area (Å²) >= 11 is 0. The van der Waals surface area contributed by atoms with Gasteiger partial charge in [-0.25, -0.2) is 0 Å². The van der Waals surface area contributed by atoms with Crippen molar-refractivity contribution in [2.75, 3.05) is 6.61 Å². The van der Waals surface area contributed by atoms with Gasteiger partial charge in [0.2, 0.25) is 0 Å². The van der Waals surface area contributed by atoms with Gasteiger partial charge in [-0.3, -0.25) is 9.59 Å². The molecule has 2 aliphatic rings. The highest BCUT2D eigenvalue weighted by atomic mass is 16.5. The number of allylic oxidation sites excluding steroid dienone is 1. The lowest BCUT2D eigenvalue weighted by molar-refractivity contribution is -0.142. The average Bonchev–Trinajstić information content (AvgIpc) is 3.25. The zero-order valence-electron chi connectivity index (χ0n) is 16.7. The van der Waals surface area contributed by atoms with Gasteiger partial charge in [0.25, 0.3) is 5.91 Å². The molecular formula is C25H25NO4. The van der Waals surface area contributed by atoms with Crippen molar-refractivity contribution in [3.63, 3.8) is 0 Å². The second-order valence-electron chi connectivity index (χ2n) is 7.90. The highest BCUT2D eigenvalue weighted by Gasteiger charge is 2.40. The third-order valence-electron chi connectivity index (χ3n) is 5.73. The number of benzene rings is 2. The molecule has 154 valence electrons. The summed E-state index contributed by atoms with van der Waals surface area (Å²) in [6.07, 6.45) is 6.04. The molecule has 1 heterocycles. The molecule has 3 atom stereocenters. The number of fused-ring (bicyclic) bond motifs is 1. The highest BCUT2D eigenvalue weighted by molar-refractivity contribution is 5.97. The number of ketones is 1. The van der Waals surface area contributed by atoms with Crippen LogP contribution in [0.25, 0.3) is 0 Å². The molecule has 0 bridgehead atoms. The number of ether oxygens (including phenoxy) is 1. The third kappa shape index (κ3) is 4.36. The van der Waals surface area contributed by atoms with Gasteiger partial charge in [-0.2, -0.15) is 0 Å². The third-order valence-corrected chi connectivity index (χ3v) is 5.73. The van der Waals surface area contributed by atoms with Crippen LogP contribution in [0.2, 0.25) is 0 Å². The van der Waals surface area contributed by atoms with Crippen molar-refractivity contribution < 1.29 is 19.4 Å². The molecule has 0 fully saturated rings. The number of aryl methyl sites for hydroxylation is 1. The lowest BCUT2D eigenvalue weighted by Crippen LogP contribution is -2.54. The van der Waals surface area contributed by atoms with Crippen LogP contribution in [0.1, 0.15) is 17.5 Å². The van der Waals surface area contributed by atoms with Crippen molar-refractivity contribution >= 4 is 11.7 Å². The molecule has 2 aromatic rings. The van der Waals surface area contributed by atoms with Gasteiger partial charge >= 0.3 is 0 Å². The van der Waals surface area contributed by atoms with Crippen LogP contribution in [0.4, 0.5) is 0 Å². The number of rotatable bonds is 7. The summed E-state index contributed by atoms with van der Waals surface area (Å²) in [5, 5.41) is 14.2. The SMILES string of the molecule is O=C1C(NC(=O)C(O)(CCc2ccccc2)Cc2ccccc2)C=CC2=COCC12. The number of Topliss-reactive ketones (excluding diaryl/α,β-unsaturated/α-hetero) is 1. The van der Waals surface area contributed by atoms with Crippen molar-refractivity contribution in [1.82, 2.24) is 5.32 Å². The molecule has 1 aliphatic carbocycles. The molecule has 5 heteroatoms. The number of carbonyl (C=O) groups is 2. The Morgan fingerprint density at radius 2 is 1.73 bits per heavy atom. The van der Waals surface area contributed by atoms with E-state index >= 15 is 0 Å². The van der Waals surface area contributed by atoms with Gasteiger partial charge in [0, 0.05) is 12.0 Å². The van der Waals surface area contributed by atoms with Gasteiger partial charge in [0.1, 0.15) is 18.2 Å².